The first kappa shape index (κ1) is 13.8. The number of rotatable bonds is 7. The lowest BCUT2D eigenvalue weighted by atomic mass is 10.3. The summed E-state index contributed by atoms with van der Waals surface area (Å²) in [6.07, 6.45) is 6.91. The Morgan fingerprint density at radius 2 is 2.05 bits per heavy atom. The van der Waals surface area contributed by atoms with Crippen LogP contribution in [0.15, 0.2) is 42.7 Å². The number of aromatic nitrogens is 2. The first-order valence-electron chi connectivity index (χ1n) is 7.44. The summed E-state index contributed by atoms with van der Waals surface area (Å²) >= 11 is 0. The van der Waals surface area contributed by atoms with Crippen LogP contribution in [0, 0.1) is 0 Å². The predicted octanol–water partition coefficient (Wildman–Crippen LogP) is 1.74. The second-order valence-corrected chi connectivity index (χ2v) is 5.35. The molecule has 1 amide bonds. The molecule has 1 fully saturated rings. The topological polar surface area (TPSA) is 59.0 Å². The van der Waals surface area contributed by atoms with Gasteiger partial charge in [0.2, 0.25) is 0 Å². The molecular formula is C16H20N4O. The lowest BCUT2D eigenvalue weighted by Crippen LogP contribution is -2.27. The standard InChI is InChI=1S/C16H20N4O/c21-16(18-10-4-9-17-14-7-8-14)13-11-19-20(12-13)15-5-2-1-3-6-15/h1-3,5-6,11-12,14,17H,4,7-10H2,(H,18,21). The summed E-state index contributed by atoms with van der Waals surface area (Å²) in [6.45, 7) is 1.66. The molecule has 2 N–H and O–H groups in total. The summed E-state index contributed by atoms with van der Waals surface area (Å²) in [5, 5.41) is 10.6. The molecule has 21 heavy (non-hydrogen) atoms. The molecule has 5 nitrogen and oxygen atoms in total. The number of carbonyl (C=O) groups excluding carboxylic acids is 1. The van der Waals surface area contributed by atoms with Crippen molar-refractivity contribution in [3.05, 3.63) is 48.3 Å². The van der Waals surface area contributed by atoms with Gasteiger partial charge < -0.3 is 10.6 Å². The fraction of sp³-hybridized carbons (Fsp3) is 0.375. The molecule has 3 rings (SSSR count). The number of para-hydroxylation sites is 1. The number of amides is 1. The molecule has 0 aliphatic heterocycles. The van der Waals surface area contributed by atoms with E-state index in [2.05, 4.69) is 15.7 Å². The third-order valence-electron chi connectivity index (χ3n) is 3.51. The SMILES string of the molecule is O=C(NCCCNC1CC1)c1cnn(-c2ccccc2)c1. The van der Waals surface area contributed by atoms with Crippen molar-refractivity contribution in [1.82, 2.24) is 20.4 Å². The second kappa shape index (κ2) is 6.54. The van der Waals surface area contributed by atoms with Gasteiger partial charge in [-0.15, -0.1) is 0 Å². The van der Waals surface area contributed by atoms with E-state index in [1.807, 2.05) is 30.3 Å². The maximum Gasteiger partial charge on any atom is 0.254 e. The normalized spacial score (nSPS) is 14.1. The van der Waals surface area contributed by atoms with Crippen LogP contribution >= 0.6 is 0 Å². The molecule has 5 heteroatoms. The highest BCUT2D eigenvalue weighted by Crippen LogP contribution is 2.18. The number of nitrogens with one attached hydrogen (secondary N) is 2. The third-order valence-corrected chi connectivity index (χ3v) is 3.51. The molecular weight excluding hydrogens is 264 g/mol. The summed E-state index contributed by atoms with van der Waals surface area (Å²) in [6, 6.07) is 10.5. The quantitative estimate of drug-likeness (QED) is 0.762. The fourth-order valence-corrected chi connectivity index (χ4v) is 2.15. The minimum absolute atomic E-state index is 0.0661. The molecule has 0 atom stereocenters. The van der Waals surface area contributed by atoms with Crippen molar-refractivity contribution >= 4 is 5.91 Å². The molecule has 1 saturated carbocycles. The van der Waals surface area contributed by atoms with E-state index >= 15 is 0 Å². The summed E-state index contributed by atoms with van der Waals surface area (Å²) in [5.74, 6) is -0.0661. The third kappa shape index (κ3) is 3.92. The van der Waals surface area contributed by atoms with Gasteiger partial charge in [0.15, 0.2) is 0 Å². The zero-order valence-corrected chi connectivity index (χ0v) is 12.0. The molecule has 110 valence electrons. The zero-order valence-electron chi connectivity index (χ0n) is 12.0. The smallest absolute Gasteiger partial charge is 0.254 e. The maximum atomic E-state index is 12.0. The number of carbonyl (C=O) groups is 1. The van der Waals surface area contributed by atoms with Gasteiger partial charge >= 0.3 is 0 Å². The molecule has 1 aliphatic rings. The molecule has 0 radical (unpaired) electrons. The zero-order chi connectivity index (χ0) is 14.5. The molecule has 0 saturated heterocycles. The number of benzene rings is 1. The molecule has 0 spiro atoms. The van der Waals surface area contributed by atoms with Gasteiger partial charge in [0.1, 0.15) is 0 Å². The van der Waals surface area contributed by atoms with Crippen LogP contribution < -0.4 is 10.6 Å². The van der Waals surface area contributed by atoms with E-state index < -0.39 is 0 Å². The monoisotopic (exact) mass is 284 g/mol. The van der Waals surface area contributed by atoms with E-state index in [1.165, 1.54) is 12.8 Å². The van der Waals surface area contributed by atoms with Crippen LogP contribution in [0.4, 0.5) is 0 Å². The Kier molecular flexibility index (Phi) is 4.31. The van der Waals surface area contributed by atoms with E-state index in [9.17, 15) is 4.79 Å². The lowest BCUT2D eigenvalue weighted by molar-refractivity contribution is 0.0953. The number of nitrogens with zero attached hydrogens (tertiary/aromatic N) is 2. The molecule has 1 heterocycles. The largest absolute Gasteiger partial charge is 0.352 e. The van der Waals surface area contributed by atoms with Crippen LogP contribution in [0.5, 0.6) is 0 Å². The Labute approximate surface area is 124 Å². The van der Waals surface area contributed by atoms with Crippen LogP contribution in [-0.2, 0) is 0 Å². The predicted molar refractivity (Wildman–Crippen MR) is 81.5 cm³/mol. The molecule has 0 unspecified atom stereocenters. The molecule has 1 aromatic carbocycles. The van der Waals surface area contributed by atoms with Gasteiger partial charge in [0.05, 0.1) is 17.4 Å². The first-order chi connectivity index (χ1) is 10.3. The summed E-state index contributed by atoms with van der Waals surface area (Å²) in [4.78, 5) is 12.0. The highest BCUT2D eigenvalue weighted by molar-refractivity contribution is 5.93. The Bertz CT molecular complexity index is 589. The minimum atomic E-state index is -0.0661. The Morgan fingerprint density at radius 3 is 2.81 bits per heavy atom. The summed E-state index contributed by atoms with van der Waals surface area (Å²) in [7, 11) is 0. The van der Waals surface area contributed by atoms with Crippen molar-refractivity contribution in [1.29, 1.82) is 0 Å². The van der Waals surface area contributed by atoms with Crippen molar-refractivity contribution in [2.75, 3.05) is 13.1 Å². The van der Waals surface area contributed by atoms with Gasteiger partial charge in [-0.25, -0.2) is 4.68 Å². The Balaban J connectivity index is 1.47. The first-order valence-corrected chi connectivity index (χ1v) is 7.44. The van der Waals surface area contributed by atoms with Crippen LogP contribution in [0.25, 0.3) is 5.69 Å². The molecule has 0 bridgehead atoms. The maximum absolute atomic E-state index is 12.0. The van der Waals surface area contributed by atoms with Gasteiger partial charge in [-0.3, -0.25) is 4.79 Å². The average Bonchev–Trinajstić information content (AvgIpc) is 3.21. The average molecular weight is 284 g/mol. The van der Waals surface area contributed by atoms with E-state index in [1.54, 1.807) is 17.1 Å². The highest BCUT2D eigenvalue weighted by Gasteiger charge is 2.19. The Hall–Kier alpha value is -2.14. The van der Waals surface area contributed by atoms with Crippen molar-refractivity contribution < 1.29 is 4.79 Å². The molecule has 1 aliphatic carbocycles. The van der Waals surface area contributed by atoms with Crippen LogP contribution in [-0.4, -0.2) is 34.8 Å². The van der Waals surface area contributed by atoms with E-state index in [0.29, 0.717) is 12.1 Å². The van der Waals surface area contributed by atoms with E-state index in [0.717, 1.165) is 24.7 Å². The van der Waals surface area contributed by atoms with Crippen molar-refractivity contribution in [2.24, 2.45) is 0 Å². The molecule has 1 aromatic heterocycles. The number of hydrogen-bond donors (Lipinski definition) is 2. The summed E-state index contributed by atoms with van der Waals surface area (Å²) in [5.41, 5.74) is 1.54. The molecule has 2 aromatic rings. The van der Waals surface area contributed by atoms with Crippen molar-refractivity contribution in [2.45, 2.75) is 25.3 Å². The van der Waals surface area contributed by atoms with Gasteiger partial charge in [0.25, 0.3) is 5.91 Å². The van der Waals surface area contributed by atoms with Gasteiger partial charge in [0, 0.05) is 18.8 Å². The van der Waals surface area contributed by atoms with Crippen LogP contribution in [0.3, 0.4) is 0 Å². The van der Waals surface area contributed by atoms with Gasteiger partial charge in [-0.05, 0) is 37.9 Å². The van der Waals surface area contributed by atoms with E-state index in [-0.39, 0.29) is 5.91 Å². The Morgan fingerprint density at radius 1 is 1.24 bits per heavy atom. The van der Waals surface area contributed by atoms with Gasteiger partial charge in [-0.2, -0.15) is 5.10 Å². The fourth-order valence-electron chi connectivity index (χ4n) is 2.15. The second-order valence-electron chi connectivity index (χ2n) is 5.35. The highest BCUT2D eigenvalue weighted by atomic mass is 16.1. The van der Waals surface area contributed by atoms with Crippen LogP contribution in [0.2, 0.25) is 0 Å². The van der Waals surface area contributed by atoms with E-state index in [4.69, 9.17) is 0 Å². The minimum Gasteiger partial charge on any atom is -0.352 e. The van der Waals surface area contributed by atoms with Crippen molar-refractivity contribution in [3.8, 4) is 5.69 Å². The lowest BCUT2D eigenvalue weighted by Gasteiger charge is -2.04. The van der Waals surface area contributed by atoms with Crippen LogP contribution in [0.1, 0.15) is 29.6 Å². The number of hydrogen-bond acceptors (Lipinski definition) is 3. The van der Waals surface area contributed by atoms with Crippen molar-refractivity contribution in [3.63, 3.8) is 0 Å². The van der Waals surface area contributed by atoms with Gasteiger partial charge in [-0.1, -0.05) is 18.2 Å². The summed E-state index contributed by atoms with van der Waals surface area (Å²) < 4.78 is 1.71.